The quantitative estimate of drug-likeness (QED) is 0.935. The molecule has 1 aliphatic rings. The van der Waals surface area contributed by atoms with Crippen molar-refractivity contribution in [1.29, 1.82) is 0 Å². The van der Waals surface area contributed by atoms with Gasteiger partial charge < -0.3 is 10.1 Å². The first kappa shape index (κ1) is 15.0. The highest BCUT2D eigenvalue weighted by Crippen LogP contribution is 2.35. The topological polar surface area (TPSA) is 38.3 Å². The molecule has 1 aliphatic heterocycles. The Bertz CT molecular complexity index is 654. The minimum absolute atomic E-state index is 0.0505. The van der Waals surface area contributed by atoms with Crippen LogP contribution in [0.2, 0.25) is 0 Å². The van der Waals surface area contributed by atoms with Crippen molar-refractivity contribution in [2.75, 3.05) is 12.4 Å². The number of benzene rings is 2. The Morgan fingerprint density at radius 1 is 1.23 bits per heavy atom. The Morgan fingerprint density at radius 2 is 2.00 bits per heavy atom. The van der Waals surface area contributed by atoms with E-state index in [2.05, 4.69) is 17.4 Å². The molecule has 0 aromatic heterocycles. The fourth-order valence-corrected chi connectivity index (χ4v) is 3.64. The molecule has 22 heavy (non-hydrogen) atoms. The van der Waals surface area contributed by atoms with Crippen LogP contribution in [0.3, 0.4) is 0 Å². The number of amides is 1. The van der Waals surface area contributed by atoms with Gasteiger partial charge in [0.25, 0.3) is 5.91 Å². The van der Waals surface area contributed by atoms with Gasteiger partial charge in [-0.3, -0.25) is 4.79 Å². The Hall–Kier alpha value is -1.94. The summed E-state index contributed by atoms with van der Waals surface area (Å²) in [6, 6.07) is 16.1. The average Bonchev–Trinajstić information content (AvgIpc) is 2.55. The number of ether oxygens (including phenoxy) is 1. The first-order valence-electron chi connectivity index (χ1n) is 7.43. The number of hydrogen-bond donors (Lipinski definition) is 1. The molecule has 0 fully saturated rings. The fraction of sp³-hybridized carbons (Fsp3) is 0.278. The minimum Gasteiger partial charge on any atom is -0.484 e. The predicted molar refractivity (Wildman–Crippen MR) is 89.3 cm³/mol. The molecule has 2 aromatic carbocycles. The molecule has 0 spiro atoms. The summed E-state index contributed by atoms with van der Waals surface area (Å²) in [4.78, 5) is 13.4. The molecule has 0 radical (unpaired) electrons. The van der Waals surface area contributed by atoms with E-state index in [0.717, 1.165) is 17.9 Å². The van der Waals surface area contributed by atoms with Crippen LogP contribution in [0.4, 0.5) is 0 Å². The van der Waals surface area contributed by atoms with Crippen LogP contribution in [0.5, 0.6) is 5.75 Å². The molecule has 3 nitrogen and oxygen atoms in total. The van der Waals surface area contributed by atoms with Gasteiger partial charge in [0.05, 0.1) is 6.04 Å². The highest BCUT2D eigenvalue weighted by atomic mass is 32.2. The summed E-state index contributed by atoms with van der Waals surface area (Å²) < 4.78 is 5.54. The lowest BCUT2D eigenvalue weighted by Gasteiger charge is -2.25. The van der Waals surface area contributed by atoms with Crippen molar-refractivity contribution in [3.63, 3.8) is 0 Å². The lowest BCUT2D eigenvalue weighted by atomic mass is 10.0. The van der Waals surface area contributed by atoms with E-state index in [1.165, 1.54) is 16.0 Å². The van der Waals surface area contributed by atoms with Crippen LogP contribution in [0.1, 0.15) is 23.6 Å². The molecule has 0 saturated carbocycles. The average molecular weight is 313 g/mol. The second-order valence-corrected chi connectivity index (χ2v) is 6.53. The van der Waals surface area contributed by atoms with Gasteiger partial charge in [0.15, 0.2) is 6.61 Å². The first-order valence-corrected chi connectivity index (χ1v) is 8.41. The molecular weight excluding hydrogens is 294 g/mol. The Morgan fingerprint density at radius 3 is 2.82 bits per heavy atom. The van der Waals surface area contributed by atoms with Gasteiger partial charge in [-0.15, -0.1) is 11.8 Å². The van der Waals surface area contributed by atoms with Gasteiger partial charge in [-0.25, -0.2) is 0 Å². The van der Waals surface area contributed by atoms with E-state index in [1.807, 2.05) is 55.1 Å². The maximum absolute atomic E-state index is 12.1. The van der Waals surface area contributed by atoms with Crippen LogP contribution in [0.25, 0.3) is 0 Å². The summed E-state index contributed by atoms with van der Waals surface area (Å²) in [5.41, 5.74) is 2.38. The zero-order valence-electron chi connectivity index (χ0n) is 12.5. The number of thioether (sulfide) groups is 1. The third-order valence-corrected chi connectivity index (χ3v) is 4.81. The van der Waals surface area contributed by atoms with E-state index < -0.39 is 0 Å². The van der Waals surface area contributed by atoms with Crippen LogP contribution in [-0.4, -0.2) is 18.3 Å². The van der Waals surface area contributed by atoms with Crippen LogP contribution >= 0.6 is 11.8 Å². The standard InChI is InChI=1S/C18H19NO2S/c1-13-6-8-14(9-7-13)21-12-18(20)19-16-10-11-22-17-5-3-2-4-15(16)17/h2-9,16H,10-12H2,1H3,(H,19,20)/t16-/m0/s1. The third-order valence-electron chi connectivity index (χ3n) is 3.68. The molecule has 3 rings (SSSR count). The summed E-state index contributed by atoms with van der Waals surface area (Å²) in [7, 11) is 0. The molecular formula is C18H19NO2S. The van der Waals surface area contributed by atoms with E-state index in [1.54, 1.807) is 0 Å². The van der Waals surface area contributed by atoms with Gasteiger partial charge in [-0.2, -0.15) is 0 Å². The van der Waals surface area contributed by atoms with Crippen molar-refractivity contribution in [2.24, 2.45) is 0 Å². The van der Waals surface area contributed by atoms with E-state index in [4.69, 9.17) is 4.74 Å². The predicted octanol–water partition coefficient (Wildman–Crippen LogP) is 3.73. The maximum atomic E-state index is 12.1. The SMILES string of the molecule is Cc1ccc(OCC(=O)N[C@H]2CCSc3ccccc32)cc1. The minimum atomic E-state index is -0.0766. The first-order chi connectivity index (χ1) is 10.7. The summed E-state index contributed by atoms with van der Waals surface area (Å²) in [5, 5.41) is 3.08. The van der Waals surface area contributed by atoms with Crippen molar-refractivity contribution < 1.29 is 9.53 Å². The van der Waals surface area contributed by atoms with Crippen LogP contribution in [0.15, 0.2) is 53.4 Å². The zero-order valence-corrected chi connectivity index (χ0v) is 13.4. The molecule has 1 heterocycles. The number of hydrogen-bond acceptors (Lipinski definition) is 3. The van der Waals surface area contributed by atoms with Crippen LogP contribution < -0.4 is 10.1 Å². The number of rotatable bonds is 4. The van der Waals surface area contributed by atoms with Gasteiger partial charge in [0, 0.05) is 10.6 Å². The smallest absolute Gasteiger partial charge is 0.258 e. The largest absolute Gasteiger partial charge is 0.484 e. The van der Waals surface area contributed by atoms with Crippen molar-refractivity contribution in [1.82, 2.24) is 5.32 Å². The molecule has 1 N–H and O–H groups in total. The second-order valence-electron chi connectivity index (χ2n) is 5.40. The molecule has 1 atom stereocenters. The molecule has 1 amide bonds. The van der Waals surface area contributed by atoms with E-state index in [-0.39, 0.29) is 18.6 Å². The highest BCUT2D eigenvalue weighted by molar-refractivity contribution is 7.99. The molecule has 0 saturated heterocycles. The lowest BCUT2D eigenvalue weighted by molar-refractivity contribution is -0.123. The molecule has 0 bridgehead atoms. The number of carbonyl (C=O) groups excluding carboxylic acids is 1. The maximum Gasteiger partial charge on any atom is 0.258 e. The summed E-state index contributed by atoms with van der Waals surface area (Å²) in [5.74, 6) is 1.67. The van der Waals surface area contributed by atoms with Crippen LogP contribution in [-0.2, 0) is 4.79 Å². The summed E-state index contributed by atoms with van der Waals surface area (Å²) in [6.07, 6.45) is 0.956. The van der Waals surface area contributed by atoms with Gasteiger partial charge in [-0.05, 0) is 37.1 Å². The molecule has 0 aliphatic carbocycles. The molecule has 2 aromatic rings. The van der Waals surface area contributed by atoms with Crippen molar-refractivity contribution >= 4 is 17.7 Å². The second kappa shape index (κ2) is 6.88. The normalized spacial score (nSPS) is 16.7. The summed E-state index contributed by atoms with van der Waals surface area (Å²) in [6.45, 7) is 2.07. The molecule has 114 valence electrons. The van der Waals surface area contributed by atoms with Crippen molar-refractivity contribution in [2.45, 2.75) is 24.3 Å². The van der Waals surface area contributed by atoms with Crippen molar-refractivity contribution in [3.05, 3.63) is 59.7 Å². The molecule has 0 unspecified atom stereocenters. The third kappa shape index (κ3) is 3.63. The zero-order chi connectivity index (χ0) is 15.4. The van der Waals surface area contributed by atoms with E-state index in [0.29, 0.717) is 0 Å². The Kier molecular flexibility index (Phi) is 4.68. The van der Waals surface area contributed by atoms with Gasteiger partial charge in [0.1, 0.15) is 5.75 Å². The van der Waals surface area contributed by atoms with Gasteiger partial charge in [0.2, 0.25) is 0 Å². The monoisotopic (exact) mass is 313 g/mol. The highest BCUT2D eigenvalue weighted by Gasteiger charge is 2.21. The van der Waals surface area contributed by atoms with E-state index in [9.17, 15) is 4.79 Å². The molecule has 4 heteroatoms. The number of aryl methyl sites for hydroxylation is 1. The Labute approximate surface area is 135 Å². The van der Waals surface area contributed by atoms with E-state index >= 15 is 0 Å². The van der Waals surface area contributed by atoms with Crippen molar-refractivity contribution in [3.8, 4) is 5.75 Å². The number of fused-ring (bicyclic) bond motifs is 1. The number of carbonyl (C=O) groups is 1. The number of nitrogens with one attached hydrogen (secondary N) is 1. The lowest BCUT2D eigenvalue weighted by Crippen LogP contribution is -2.34. The Balaban J connectivity index is 1.57. The van der Waals surface area contributed by atoms with Crippen LogP contribution in [0, 0.1) is 6.92 Å². The van der Waals surface area contributed by atoms with Gasteiger partial charge in [-0.1, -0.05) is 35.9 Å². The fourth-order valence-electron chi connectivity index (χ4n) is 2.51. The summed E-state index contributed by atoms with van der Waals surface area (Å²) >= 11 is 1.85. The van der Waals surface area contributed by atoms with Gasteiger partial charge >= 0.3 is 0 Å².